The zero-order valence-electron chi connectivity index (χ0n) is 18.0. The molecule has 0 aliphatic heterocycles. The summed E-state index contributed by atoms with van der Waals surface area (Å²) in [5.41, 5.74) is 3.81. The first-order valence-electron chi connectivity index (χ1n) is 10.2. The molecule has 0 saturated heterocycles. The number of para-hydroxylation sites is 1. The van der Waals surface area contributed by atoms with E-state index in [1.807, 2.05) is 31.2 Å². The number of methoxy groups -OCH3 is 1. The molecule has 5 rings (SSSR count). The highest BCUT2D eigenvalue weighted by molar-refractivity contribution is 6.30. The summed E-state index contributed by atoms with van der Waals surface area (Å²) in [5, 5.41) is 14.0. The fourth-order valence-corrected chi connectivity index (χ4v) is 3.86. The van der Waals surface area contributed by atoms with Gasteiger partial charge in [0.15, 0.2) is 0 Å². The molecule has 0 amide bonds. The van der Waals surface area contributed by atoms with E-state index in [-0.39, 0.29) is 12.2 Å². The fourth-order valence-electron chi connectivity index (χ4n) is 3.66. The van der Waals surface area contributed by atoms with E-state index in [0.717, 1.165) is 22.0 Å². The summed E-state index contributed by atoms with van der Waals surface area (Å²) in [6.07, 6.45) is 3.27. The highest BCUT2D eigenvalue weighted by Gasteiger charge is 2.12. The van der Waals surface area contributed by atoms with E-state index in [0.29, 0.717) is 28.8 Å². The van der Waals surface area contributed by atoms with Crippen LogP contribution in [0.15, 0.2) is 65.8 Å². The van der Waals surface area contributed by atoms with Gasteiger partial charge < -0.3 is 4.74 Å². The van der Waals surface area contributed by atoms with Gasteiger partial charge in [-0.2, -0.15) is 9.78 Å². The van der Waals surface area contributed by atoms with Crippen LogP contribution >= 0.6 is 11.6 Å². The number of aromatic nitrogens is 7. The van der Waals surface area contributed by atoms with Crippen molar-refractivity contribution in [2.45, 2.75) is 20.0 Å². The number of halogens is 1. The number of fused-ring (bicyclic) bond motifs is 1. The number of pyridine rings is 1. The van der Waals surface area contributed by atoms with Crippen molar-refractivity contribution in [2.75, 3.05) is 7.11 Å². The summed E-state index contributed by atoms with van der Waals surface area (Å²) in [6.45, 7) is 2.67. The quantitative estimate of drug-likeness (QED) is 0.360. The van der Waals surface area contributed by atoms with Gasteiger partial charge in [-0.3, -0.25) is 4.57 Å². The summed E-state index contributed by atoms with van der Waals surface area (Å²) in [6, 6.07) is 15.1. The number of ether oxygens (including phenoxy) is 1. The Morgan fingerprint density at radius 2 is 1.91 bits per heavy atom. The summed E-state index contributed by atoms with van der Waals surface area (Å²) in [4.78, 5) is 17.3. The van der Waals surface area contributed by atoms with E-state index >= 15 is 0 Å². The molecule has 0 aliphatic rings. The SMILES string of the molecule is COc1ccc(-n2ncn(Cc3cn(Cc4cc5cccc(C)c5nc4Cl)nn3)c2=O)cc1. The number of hydrogen-bond acceptors (Lipinski definition) is 6. The Kier molecular flexibility index (Phi) is 5.39. The normalized spacial score (nSPS) is 11.2. The highest BCUT2D eigenvalue weighted by atomic mass is 35.5. The number of hydrogen-bond donors (Lipinski definition) is 0. The second-order valence-corrected chi connectivity index (χ2v) is 8.00. The fraction of sp³-hybridized carbons (Fsp3) is 0.174. The van der Waals surface area contributed by atoms with Crippen LogP contribution in [-0.4, -0.2) is 41.4 Å². The largest absolute Gasteiger partial charge is 0.497 e. The van der Waals surface area contributed by atoms with Crippen molar-refractivity contribution in [3.05, 3.63) is 93.5 Å². The lowest BCUT2D eigenvalue weighted by molar-refractivity contribution is 0.414. The summed E-state index contributed by atoms with van der Waals surface area (Å²) >= 11 is 6.43. The monoisotopic (exact) mass is 461 g/mol. The molecule has 0 atom stereocenters. The molecule has 0 N–H and O–H groups in total. The van der Waals surface area contributed by atoms with E-state index < -0.39 is 0 Å². The Balaban J connectivity index is 1.35. The molecule has 9 nitrogen and oxygen atoms in total. The van der Waals surface area contributed by atoms with Crippen molar-refractivity contribution < 1.29 is 4.74 Å². The Bertz CT molecular complexity index is 1500. The third kappa shape index (κ3) is 4.10. The summed E-state index contributed by atoms with van der Waals surface area (Å²) in [7, 11) is 1.59. The lowest BCUT2D eigenvalue weighted by atomic mass is 10.1. The van der Waals surface area contributed by atoms with Crippen molar-refractivity contribution in [1.29, 1.82) is 0 Å². The minimum Gasteiger partial charge on any atom is -0.497 e. The third-order valence-corrected chi connectivity index (χ3v) is 5.70. The van der Waals surface area contributed by atoms with E-state index in [1.54, 1.807) is 42.3 Å². The molecule has 0 bridgehead atoms. The molecule has 10 heteroatoms. The molecule has 166 valence electrons. The number of aryl methyl sites for hydroxylation is 1. The topological polar surface area (TPSA) is 92.7 Å². The standard InChI is InChI=1S/C23H20ClN7O2/c1-15-4-3-5-16-10-17(22(24)26-21(15)16)11-30-13-18(27-28-30)12-29-14-25-31(23(29)32)19-6-8-20(33-2)9-7-19/h3-10,13-14H,11-12H2,1-2H3. The lowest BCUT2D eigenvalue weighted by Crippen LogP contribution is -2.24. The molecule has 3 heterocycles. The maximum Gasteiger partial charge on any atom is 0.350 e. The van der Waals surface area contributed by atoms with Crippen LogP contribution in [0.5, 0.6) is 5.75 Å². The molecule has 0 aliphatic carbocycles. The molecule has 3 aromatic heterocycles. The van der Waals surface area contributed by atoms with Gasteiger partial charge in [-0.05, 0) is 42.8 Å². The number of nitrogens with zero attached hydrogens (tertiary/aromatic N) is 7. The Hall–Kier alpha value is -3.98. The van der Waals surface area contributed by atoms with Gasteiger partial charge in [-0.15, -0.1) is 5.10 Å². The Labute approximate surface area is 193 Å². The molecule has 0 radical (unpaired) electrons. The third-order valence-electron chi connectivity index (χ3n) is 5.37. The van der Waals surface area contributed by atoms with Gasteiger partial charge in [0.05, 0.1) is 37.6 Å². The summed E-state index contributed by atoms with van der Waals surface area (Å²) < 4.78 is 9.64. The van der Waals surface area contributed by atoms with Crippen molar-refractivity contribution >= 4 is 22.5 Å². The van der Waals surface area contributed by atoms with Gasteiger partial charge in [0.25, 0.3) is 0 Å². The van der Waals surface area contributed by atoms with Crippen LogP contribution in [-0.2, 0) is 13.1 Å². The summed E-state index contributed by atoms with van der Waals surface area (Å²) in [5.74, 6) is 0.708. The molecule has 33 heavy (non-hydrogen) atoms. The van der Waals surface area contributed by atoms with Crippen LogP contribution < -0.4 is 10.4 Å². The minimum atomic E-state index is -0.271. The number of rotatable bonds is 6. The average molecular weight is 462 g/mol. The minimum absolute atomic E-state index is 0.248. The maximum absolute atomic E-state index is 12.8. The van der Waals surface area contributed by atoms with Gasteiger partial charge in [-0.1, -0.05) is 35.0 Å². The van der Waals surface area contributed by atoms with E-state index in [2.05, 4.69) is 20.4 Å². The molecule has 0 saturated carbocycles. The molecule has 5 aromatic rings. The predicted octanol–water partition coefficient (Wildman–Crippen LogP) is 3.24. The lowest BCUT2D eigenvalue weighted by Gasteiger charge is -2.07. The molecular weight excluding hydrogens is 442 g/mol. The first-order chi connectivity index (χ1) is 16.0. The molecule has 0 spiro atoms. The van der Waals surface area contributed by atoms with Crippen molar-refractivity contribution in [2.24, 2.45) is 0 Å². The Morgan fingerprint density at radius 3 is 2.70 bits per heavy atom. The smallest absolute Gasteiger partial charge is 0.350 e. The molecule has 2 aromatic carbocycles. The second kappa shape index (κ2) is 8.51. The van der Waals surface area contributed by atoms with Crippen LogP contribution in [0, 0.1) is 6.92 Å². The van der Waals surface area contributed by atoms with Crippen LogP contribution in [0.2, 0.25) is 5.15 Å². The van der Waals surface area contributed by atoms with Crippen LogP contribution in [0.3, 0.4) is 0 Å². The highest BCUT2D eigenvalue weighted by Crippen LogP contribution is 2.23. The zero-order chi connectivity index (χ0) is 22.9. The zero-order valence-corrected chi connectivity index (χ0v) is 18.8. The van der Waals surface area contributed by atoms with Crippen molar-refractivity contribution in [3.63, 3.8) is 0 Å². The second-order valence-electron chi connectivity index (χ2n) is 7.64. The molecule has 0 fully saturated rings. The van der Waals surface area contributed by atoms with Crippen LogP contribution in [0.1, 0.15) is 16.8 Å². The van der Waals surface area contributed by atoms with Crippen LogP contribution in [0.25, 0.3) is 16.6 Å². The predicted molar refractivity (Wildman–Crippen MR) is 124 cm³/mol. The molecular formula is C23H20ClN7O2. The maximum atomic E-state index is 12.8. The first-order valence-corrected chi connectivity index (χ1v) is 10.6. The molecule has 0 unspecified atom stereocenters. The average Bonchev–Trinajstić information content (AvgIpc) is 3.42. The first kappa shape index (κ1) is 20.9. The Morgan fingerprint density at radius 1 is 1.09 bits per heavy atom. The van der Waals surface area contributed by atoms with Gasteiger partial charge in [0.2, 0.25) is 0 Å². The van der Waals surface area contributed by atoms with Gasteiger partial charge in [-0.25, -0.2) is 14.5 Å². The number of benzene rings is 2. The van der Waals surface area contributed by atoms with Gasteiger partial charge in [0.1, 0.15) is 22.9 Å². The van der Waals surface area contributed by atoms with Crippen molar-refractivity contribution in [1.82, 2.24) is 34.3 Å². The van der Waals surface area contributed by atoms with E-state index in [4.69, 9.17) is 16.3 Å². The van der Waals surface area contributed by atoms with Crippen molar-refractivity contribution in [3.8, 4) is 11.4 Å². The van der Waals surface area contributed by atoms with E-state index in [9.17, 15) is 4.79 Å². The van der Waals surface area contributed by atoms with Gasteiger partial charge in [0, 0.05) is 10.9 Å². The van der Waals surface area contributed by atoms with Gasteiger partial charge >= 0.3 is 5.69 Å². The van der Waals surface area contributed by atoms with Crippen LogP contribution in [0.4, 0.5) is 0 Å². The van der Waals surface area contributed by atoms with E-state index in [1.165, 1.54) is 15.6 Å².